The molecule has 0 fully saturated rings. The second-order valence-electron chi connectivity index (χ2n) is 5.95. The number of carbonyl (C=O) groups excluding carboxylic acids is 2. The number of aliphatic carboxylic acids is 1. The van der Waals surface area contributed by atoms with Crippen LogP contribution in [0.15, 0.2) is 35.4 Å². The number of allylic oxidation sites excluding steroid dienone is 2. The van der Waals surface area contributed by atoms with Crippen molar-refractivity contribution in [3.05, 3.63) is 35.4 Å². The minimum absolute atomic E-state index is 0.282. The lowest BCUT2D eigenvalue weighted by molar-refractivity contribution is -0.313. The molecular formula is C18H22NO4-. The quantitative estimate of drug-likeness (QED) is 0.844. The zero-order valence-electron chi connectivity index (χ0n) is 13.7. The van der Waals surface area contributed by atoms with E-state index in [4.69, 9.17) is 4.74 Å². The summed E-state index contributed by atoms with van der Waals surface area (Å²) in [5.41, 5.74) is 2.73. The fourth-order valence-corrected chi connectivity index (χ4v) is 2.85. The van der Waals surface area contributed by atoms with Crippen LogP contribution in [0.25, 0.3) is 0 Å². The molecule has 0 radical (unpaired) electrons. The third-order valence-electron chi connectivity index (χ3n) is 4.34. The summed E-state index contributed by atoms with van der Waals surface area (Å²) in [5, 5.41) is 14.2. The predicted molar refractivity (Wildman–Crippen MR) is 85.8 cm³/mol. The van der Waals surface area contributed by atoms with E-state index < -0.39 is 17.8 Å². The fraction of sp³-hybridized carbons (Fsp3) is 0.444. The smallest absolute Gasteiger partial charge is 0.228 e. The van der Waals surface area contributed by atoms with Crippen LogP contribution in [0, 0.1) is 11.8 Å². The maximum atomic E-state index is 12.5. The van der Waals surface area contributed by atoms with Gasteiger partial charge in [-0.3, -0.25) is 4.79 Å². The largest absolute Gasteiger partial charge is 0.550 e. The van der Waals surface area contributed by atoms with Crippen LogP contribution in [0.3, 0.4) is 0 Å². The molecule has 5 nitrogen and oxygen atoms in total. The number of rotatable bonds is 5. The normalized spacial score (nSPS) is 21.0. The number of hydrogen-bond donors (Lipinski definition) is 1. The number of nitrogens with one attached hydrogen (secondary N) is 1. The van der Waals surface area contributed by atoms with E-state index in [0.717, 1.165) is 16.9 Å². The van der Waals surface area contributed by atoms with Gasteiger partial charge < -0.3 is 20.0 Å². The maximum absolute atomic E-state index is 12.5. The third kappa shape index (κ3) is 4.12. The molecule has 0 saturated heterocycles. The van der Waals surface area contributed by atoms with E-state index >= 15 is 0 Å². The highest BCUT2D eigenvalue weighted by molar-refractivity contribution is 5.95. The fourth-order valence-electron chi connectivity index (χ4n) is 2.85. The van der Waals surface area contributed by atoms with Crippen LogP contribution in [0.5, 0.6) is 5.75 Å². The first-order valence-electron chi connectivity index (χ1n) is 7.82. The van der Waals surface area contributed by atoms with E-state index in [1.807, 2.05) is 20.8 Å². The minimum Gasteiger partial charge on any atom is -0.550 e. The van der Waals surface area contributed by atoms with Gasteiger partial charge in [-0.15, -0.1) is 0 Å². The predicted octanol–water partition coefficient (Wildman–Crippen LogP) is 2.14. The number of amides is 1. The molecule has 1 aliphatic carbocycles. The van der Waals surface area contributed by atoms with E-state index in [1.165, 1.54) is 0 Å². The highest BCUT2D eigenvalue weighted by Gasteiger charge is 2.33. The molecule has 1 N–H and O–H groups in total. The number of benzene rings is 1. The van der Waals surface area contributed by atoms with Crippen molar-refractivity contribution in [2.45, 2.75) is 33.6 Å². The molecule has 0 heterocycles. The molecule has 124 valence electrons. The van der Waals surface area contributed by atoms with Gasteiger partial charge in [-0.05, 0) is 57.9 Å². The van der Waals surface area contributed by atoms with Gasteiger partial charge in [-0.2, -0.15) is 0 Å². The lowest BCUT2D eigenvalue weighted by atomic mass is 9.76. The molecule has 0 unspecified atom stereocenters. The number of carboxylic acid groups (broad SMARTS) is 1. The average molecular weight is 316 g/mol. The van der Waals surface area contributed by atoms with E-state index in [2.05, 4.69) is 5.32 Å². The van der Waals surface area contributed by atoms with Gasteiger partial charge in [0.15, 0.2) is 0 Å². The molecule has 0 aromatic heterocycles. The summed E-state index contributed by atoms with van der Waals surface area (Å²) < 4.78 is 5.35. The highest BCUT2D eigenvalue weighted by Crippen LogP contribution is 2.34. The van der Waals surface area contributed by atoms with Crippen LogP contribution in [-0.4, -0.2) is 18.5 Å². The Morgan fingerprint density at radius 3 is 2.22 bits per heavy atom. The van der Waals surface area contributed by atoms with Crippen LogP contribution in [0.1, 0.15) is 33.6 Å². The zero-order chi connectivity index (χ0) is 17.0. The first-order valence-corrected chi connectivity index (χ1v) is 7.82. The molecule has 1 amide bonds. The van der Waals surface area contributed by atoms with E-state index in [1.54, 1.807) is 24.3 Å². The first-order chi connectivity index (χ1) is 10.9. The molecule has 2 rings (SSSR count). The molecular weight excluding hydrogens is 294 g/mol. The first kappa shape index (κ1) is 17.1. The highest BCUT2D eigenvalue weighted by atomic mass is 16.5. The van der Waals surface area contributed by atoms with Crippen LogP contribution in [-0.2, 0) is 9.59 Å². The Bertz CT molecular complexity index is 618. The zero-order valence-corrected chi connectivity index (χ0v) is 13.7. The molecule has 0 aliphatic heterocycles. The topological polar surface area (TPSA) is 78.5 Å². The number of anilines is 1. The van der Waals surface area contributed by atoms with Crippen molar-refractivity contribution in [1.82, 2.24) is 0 Å². The Kier molecular flexibility index (Phi) is 5.42. The Morgan fingerprint density at radius 2 is 1.70 bits per heavy atom. The third-order valence-corrected chi connectivity index (χ3v) is 4.34. The summed E-state index contributed by atoms with van der Waals surface area (Å²) in [4.78, 5) is 23.8. The Balaban J connectivity index is 2.10. The van der Waals surface area contributed by atoms with E-state index in [0.29, 0.717) is 25.1 Å². The second kappa shape index (κ2) is 7.31. The van der Waals surface area contributed by atoms with Gasteiger partial charge in [0.25, 0.3) is 0 Å². The molecule has 0 saturated carbocycles. The van der Waals surface area contributed by atoms with Gasteiger partial charge >= 0.3 is 0 Å². The van der Waals surface area contributed by atoms with Crippen molar-refractivity contribution in [1.29, 1.82) is 0 Å². The van der Waals surface area contributed by atoms with Crippen molar-refractivity contribution in [3.8, 4) is 5.75 Å². The SMILES string of the molecule is CCOc1ccc(NC(=O)[C@@H]2CC(C)=C(C)C[C@H]2C(=O)[O-])cc1. The lowest BCUT2D eigenvalue weighted by Crippen LogP contribution is -2.42. The molecule has 0 spiro atoms. The molecule has 1 aromatic rings. The summed E-state index contributed by atoms with van der Waals surface area (Å²) in [6, 6.07) is 7.03. The van der Waals surface area contributed by atoms with E-state index in [-0.39, 0.29) is 5.91 Å². The summed E-state index contributed by atoms with van der Waals surface area (Å²) >= 11 is 0. The van der Waals surface area contributed by atoms with Crippen molar-refractivity contribution < 1.29 is 19.4 Å². The molecule has 5 heteroatoms. The van der Waals surface area contributed by atoms with Gasteiger partial charge in [-0.25, -0.2) is 0 Å². The van der Waals surface area contributed by atoms with Gasteiger partial charge in [0.2, 0.25) is 5.91 Å². The molecule has 2 atom stereocenters. The number of hydrogen-bond acceptors (Lipinski definition) is 4. The van der Waals surface area contributed by atoms with Gasteiger partial charge in [-0.1, -0.05) is 11.1 Å². The van der Waals surface area contributed by atoms with Gasteiger partial charge in [0.05, 0.1) is 12.5 Å². The van der Waals surface area contributed by atoms with Crippen molar-refractivity contribution >= 4 is 17.6 Å². The van der Waals surface area contributed by atoms with Crippen molar-refractivity contribution in [2.75, 3.05) is 11.9 Å². The molecule has 1 aromatic carbocycles. The Morgan fingerprint density at radius 1 is 1.13 bits per heavy atom. The van der Waals surface area contributed by atoms with Crippen LogP contribution in [0.4, 0.5) is 5.69 Å². The summed E-state index contributed by atoms with van der Waals surface area (Å²) in [5.74, 6) is -2.10. The minimum atomic E-state index is -1.16. The molecule has 23 heavy (non-hydrogen) atoms. The standard InChI is InChI=1S/C18H23NO4/c1-4-23-14-7-5-13(6-8-14)19-17(20)15-9-11(2)12(3)10-16(15)18(21)22/h5-8,15-16H,4,9-10H2,1-3H3,(H,19,20)(H,21,22)/p-1/t15-,16-/m1/s1. The van der Waals surface area contributed by atoms with Gasteiger partial charge in [0.1, 0.15) is 5.75 Å². The van der Waals surface area contributed by atoms with Crippen LogP contribution >= 0.6 is 0 Å². The average Bonchev–Trinajstić information content (AvgIpc) is 2.51. The van der Waals surface area contributed by atoms with E-state index in [9.17, 15) is 14.7 Å². The molecule has 0 bridgehead atoms. The van der Waals surface area contributed by atoms with Crippen LogP contribution < -0.4 is 15.2 Å². The summed E-state index contributed by atoms with van der Waals surface area (Å²) in [6.45, 7) is 6.33. The van der Waals surface area contributed by atoms with Crippen molar-refractivity contribution in [2.24, 2.45) is 11.8 Å². The maximum Gasteiger partial charge on any atom is 0.228 e. The summed E-state index contributed by atoms with van der Waals surface area (Å²) in [6.07, 6.45) is 0.822. The Hall–Kier alpha value is -2.30. The van der Waals surface area contributed by atoms with Crippen molar-refractivity contribution in [3.63, 3.8) is 0 Å². The van der Waals surface area contributed by atoms with Gasteiger partial charge in [0, 0.05) is 17.6 Å². The number of ether oxygens (including phenoxy) is 1. The van der Waals surface area contributed by atoms with Crippen LogP contribution in [0.2, 0.25) is 0 Å². The lowest BCUT2D eigenvalue weighted by Gasteiger charge is -2.32. The second-order valence-corrected chi connectivity index (χ2v) is 5.95. The Labute approximate surface area is 136 Å². The monoisotopic (exact) mass is 316 g/mol. The number of carboxylic acids is 1. The number of carbonyl (C=O) groups is 2. The molecule has 1 aliphatic rings. The summed E-state index contributed by atoms with van der Waals surface area (Å²) in [7, 11) is 0.